The maximum absolute atomic E-state index is 10.5. The van der Waals surface area contributed by atoms with Crippen molar-refractivity contribution in [2.75, 3.05) is 5.32 Å². The summed E-state index contributed by atoms with van der Waals surface area (Å²) in [6, 6.07) is 9.70. The van der Waals surface area contributed by atoms with Gasteiger partial charge in [0, 0.05) is 6.54 Å². The number of aromatic carboxylic acids is 1. The third-order valence-corrected chi connectivity index (χ3v) is 1.89. The summed E-state index contributed by atoms with van der Waals surface area (Å²) in [5.41, 5.74) is 1.04. The first-order chi connectivity index (χ1) is 7.75. The van der Waals surface area contributed by atoms with Crippen LogP contribution in [-0.4, -0.2) is 21.3 Å². The van der Waals surface area contributed by atoms with Crippen LogP contribution in [0.3, 0.4) is 0 Å². The van der Waals surface area contributed by atoms with E-state index in [1.54, 1.807) is 0 Å². The van der Waals surface area contributed by atoms with Gasteiger partial charge in [-0.3, -0.25) is 0 Å². The Morgan fingerprint density at radius 1 is 1.31 bits per heavy atom. The fraction of sp³-hybridized carbons (Fsp3) is 0.100. The molecule has 2 N–H and O–H groups in total. The van der Waals surface area contributed by atoms with Gasteiger partial charge in [-0.15, -0.1) is 0 Å². The maximum Gasteiger partial charge on any atom is 0.393 e. The summed E-state index contributed by atoms with van der Waals surface area (Å²) in [4.78, 5) is 10.5. The Labute approximate surface area is 90.9 Å². The SMILES string of the molecule is O=C(O)c1nnc(NCc2ccccc2)o1. The number of hydrogen-bond donors (Lipinski definition) is 2. The van der Waals surface area contributed by atoms with Crippen LogP contribution in [0.1, 0.15) is 16.2 Å². The fourth-order valence-electron chi connectivity index (χ4n) is 1.15. The second kappa shape index (κ2) is 4.43. The number of anilines is 1. The predicted octanol–water partition coefficient (Wildman–Crippen LogP) is 1.38. The van der Waals surface area contributed by atoms with Crippen molar-refractivity contribution in [3.8, 4) is 0 Å². The first-order valence-electron chi connectivity index (χ1n) is 4.60. The Morgan fingerprint density at radius 3 is 2.69 bits per heavy atom. The Morgan fingerprint density at radius 2 is 2.06 bits per heavy atom. The second-order valence-electron chi connectivity index (χ2n) is 3.06. The van der Waals surface area contributed by atoms with Crippen molar-refractivity contribution in [2.45, 2.75) is 6.54 Å². The molecule has 0 saturated heterocycles. The zero-order valence-corrected chi connectivity index (χ0v) is 8.25. The van der Waals surface area contributed by atoms with Crippen LogP contribution in [0.15, 0.2) is 34.7 Å². The highest BCUT2D eigenvalue weighted by Gasteiger charge is 2.12. The Bertz CT molecular complexity index is 481. The van der Waals surface area contributed by atoms with Crippen LogP contribution in [0.4, 0.5) is 6.01 Å². The minimum Gasteiger partial charge on any atom is -0.474 e. The number of carbonyl (C=O) groups is 1. The van der Waals surface area contributed by atoms with Gasteiger partial charge in [-0.2, -0.15) is 0 Å². The summed E-state index contributed by atoms with van der Waals surface area (Å²) in [5.74, 6) is -1.66. The summed E-state index contributed by atoms with van der Waals surface area (Å²) >= 11 is 0. The lowest BCUT2D eigenvalue weighted by molar-refractivity contribution is 0.0654. The summed E-state index contributed by atoms with van der Waals surface area (Å²) in [6.45, 7) is 0.502. The zero-order valence-electron chi connectivity index (χ0n) is 8.25. The number of rotatable bonds is 4. The van der Waals surface area contributed by atoms with E-state index in [1.165, 1.54) is 0 Å². The molecule has 2 aromatic rings. The van der Waals surface area contributed by atoms with Crippen LogP contribution >= 0.6 is 0 Å². The van der Waals surface area contributed by atoms with E-state index >= 15 is 0 Å². The van der Waals surface area contributed by atoms with E-state index in [2.05, 4.69) is 15.5 Å². The number of nitrogens with zero attached hydrogens (tertiary/aromatic N) is 2. The molecule has 0 unspecified atom stereocenters. The van der Waals surface area contributed by atoms with Gasteiger partial charge in [0.15, 0.2) is 0 Å². The Hall–Kier alpha value is -2.37. The molecule has 0 amide bonds. The van der Waals surface area contributed by atoms with Crippen LogP contribution in [0, 0.1) is 0 Å². The third-order valence-electron chi connectivity index (χ3n) is 1.89. The van der Waals surface area contributed by atoms with Crippen molar-refractivity contribution < 1.29 is 14.3 Å². The number of carboxylic acid groups (broad SMARTS) is 1. The number of hydrogen-bond acceptors (Lipinski definition) is 5. The lowest BCUT2D eigenvalue weighted by Crippen LogP contribution is -1.99. The number of nitrogens with one attached hydrogen (secondary N) is 1. The van der Waals surface area contributed by atoms with Gasteiger partial charge < -0.3 is 14.8 Å². The molecule has 0 aliphatic rings. The van der Waals surface area contributed by atoms with Crippen LogP contribution in [0.25, 0.3) is 0 Å². The lowest BCUT2D eigenvalue weighted by Gasteiger charge is -1.99. The van der Waals surface area contributed by atoms with Crippen LogP contribution in [0.5, 0.6) is 0 Å². The van der Waals surface area contributed by atoms with Crippen LogP contribution in [-0.2, 0) is 6.54 Å². The van der Waals surface area contributed by atoms with Crippen molar-refractivity contribution in [2.24, 2.45) is 0 Å². The highest BCUT2D eigenvalue weighted by molar-refractivity contribution is 5.82. The molecular weight excluding hydrogens is 210 g/mol. The molecule has 82 valence electrons. The largest absolute Gasteiger partial charge is 0.474 e. The molecule has 2 rings (SSSR count). The van der Waals surface area contributed by atoms with E-state index in [0.717, 1.165) is 5.56 Å². The molecule has 0 saturated carbocycles. The summed E-state index contributed by atoms with van der Waals surface area (Å²) in [7, 11) is 0. The molecule has 0 spiro atoms. The molecule has 0 aliphatic heterocycles. The Balaban J connectivity index is 1.97. The summed E-state index contributed by atoms with van der Waals surface area (Å²) < 4.78 is 4.83. The summed E-state index contributed by atoms with van der Waals surface area (Å²) in [6.07, 6.45) is 0. The van der Waals surface area contributed by atoms with Crippen molar-refractivity contribution >= 4 is 12.0 Å². The topological polar surface area (TPSA) is 88.2 Å². The van der Waals surface area contributed by atoms with Gasteiger partial charge >= 0.3 is 17.9 Å². The van der Waals surface area contributed by atoms with E-state index < -0.39 is 11.9 Å². The molecule has 0 aliphatic carbocycles. The fourth-order valence-corrected chi connectivity index (χ4v) is 1.15. The van der Waals surface area contributed by atoms with E-state index in [4.69, 9.17) is 9.52 Å². The highest BCUT2D eigenvalue weighted by Crippen LogP contribution is 2.07. The number of aromatic nitrogens is 2. The number of benzene rings is 1. The quantitative estimate of drug-likeness (QED) is 0.807. The van der Waals surface area contributed by atoms with E-state index in [-0.39, 0.29) is 6.01 Å². The first kappa shape index (κ1) is 10.2. The molecule has 6 heteroatoms. The van der Waals surface area contributed by atoms with Crippen molar-refractivity contribution in [3.05, 3.63) is 41.8 Å². The molecule has 0 atom stereocenters. The average Bonchev–Trinajstić information content (AvgIpc) is 2.76. The smallest absolute Gasteiger partial charge is 0.393 e. The van der Waals surface area contributed by atoms with Crippen molar-refractivity contribution in [1.29, 1.82) is 0 Å². The maximum atomic E-state index is 10.5. The van der Waals surface area contributed by atoms with E-state index in [9.17, 15) is 4.79 Å². The third kappa shape index (κ3) is 2.35. The number of carboxylic acids is 1. The predicted molar refractivity (Wildman–Crippen MR) is 55.0 cm³/mol. The van der Waals surface area contributed by atoms with Gasteiger partial charge in [-0.05, 0) is 5.56 Å². The molecule has 1 heterocycles. The van der Waals surface area contributed by atoms with Crippen molar-refractivity contribution in [3.63, 3.8) is 0 Å². The Kier molecular flexibility index (Phi) is 2.81. The lowest BCUT2D eigenvalue weighted by atomic mass is 10.2. The molecular formula is C10H9N3O3. The van der Waals surface area contributed by atoms with E-state index in [0.29, 0.717) is 6.54 Å². The summed E-state index contributed by atoms with van der Waals surface area (Å²) in [5, 5.41) is 18.3. The van der Waals surface area contributed by atoms with Gasteiger partial charge in [0.25, 0.3) is 0 Å². The molecule has 1 aromatic heterocycles. The normalized spacial score (nSPS) is 10.0. The molecule has 1 aromatic carbocycles. The van der Waals surface area contributed by atoms with E-state index in [1.807, 2.05) is 30.3 Å². The molecule has 16 heavy (non-hydrogen) atoms. The minimum atomic E-state index is -1.24. The van der Waals surface area contributed by atoms with Crippen molar-refractivity contribution in [1.82, 2.24) is 10.2 Å². The van der Waals surface area contributed by atoms with Gasteiger partial charge in [-0.25, -0.2) is 4.79 Å². The molecule has 6 nitrogen and oxygen atoms in total. The van der Waals surface area contributed by atoms with Gasteiger partial charge in [-0.1, -0.05) is 40.5 Å². The van der Waals surface area contributed by atoms with Gasteiger partial charge in [0.05, 0.1) is 0 Å². The minimum absolute atomic E-state index is 0.0984. The molecule has 0 bridgehead atoms. The average molecular weight is 219 g/mol. The molecule has 0 radical (unpaired) electrons. The monoisotopic (exact) mass is 219 g/mol. The molecule has 0 fully saturated rings. The zero-order chi connectivity index (χ0) is 11.4. The van der Waals surface area contributed by atoms with Crippen LogP contribution in [0.2, 0.25) is 0 Å². The standard InChI is InChI=1S/C10H9N3O3/c14-9(15)8-12-13-10(16-8)11-6-7-4-2-1-3-5-7/h1-5H,6H2,(H,11,13)(H,14,15). The van der Waals surface area contributed by atoms with Gasteiger partial charge in [0.2, 0.25) is 0 Å². The highest BCUT2D eigenvalue weighted by atomic mass is 16.4. The second-order valence-corrected chi connectivity index (χ2v) is 3.06. The first-order valence-corrected chi connectivity index (χ1v) is 4.60. The van der Waals surface area contributed by atoms with Gasteiger partial charge in [0.1, 0.15) is 0 Å². The van der Waals surface area contributed by atoms with Crippen LogP contribution < -0.4 is 5.32 Å².